The van der Waals surface area contributed by atoms with Crippen LogP contribution in [0.25, 0.3) is 0 Å². The third-order valence-electron chi connectivity index (χ3n) is 3.68. The van der Waals surface area contributed by atoms with Gasteiger partial charge in [-0.25, -0.2) is 13.1 Å². The Balaban J connectivity index is 0.00000242. The van der Waals surface area contributed by atoms with Gasteiger partial charge in [-0.3, -0.25) is 0 Å². The van der Waals surface area contributed by atoms with E-state index in [9.17, 15) is 8.42 Å². The predicted molar refractivity (Wildman–Crippen MR) is 93.3 cm³/mol. The van der Waals surface area contributed by atoms with E-state index in [2.05, 4.69) is 26.0 Å². The van der Waals surface area contributed by atoms with Gasteiger partial charge in [-0.05, 0) is 72.4 Å². The second kappa shape index (κ2) is 9.08. The van der Waals surface area contributed by atoms with Crippen molar-refractivity contribution in [2.24, 2.45) is 5.92 Å². The molecule has 1 aromatic carbocycles. The van der Waals surface area contributed by atoms with Gasteiger partial charge in [0.05, 0.1) is 16.5 Å². The summed E-state index contributed by atoms with van der Waals surface area (Å²) in [5, 5.41) is 3.34. The Hall–Kier alpha value is -0.340. The Morgan fingerprint density at radius 3 is 2.82 bits per heavy atom. The number of hydrogen-bond donors (Lipinski definition) is 2. The standard InChI is InChI=1S/C14H21BrN2O3S.ClH/c1-20-14-5-4-12(9-13(14)15)21(18,19)17-8-6-11-3-2-7-16-10-11;/h4-5,9,11,16-17H,2-3,6-8,10H2,1H3;1H. The fraction of sp³-hybridized carbons (Fsp3) is 0.571. The van der Waals surface area contributed by atoms with Gasteiger partial charge in [-0.2, -0.15) is 0 Å². The lowest BCUT2D eigenvalue weighted by atomic mass is 9.96. The molecule has 0 saturated carbocycles. The van der Waals surface area contributed by atoms with Gasteiger partial charge in [0.15, 0.2) is 0 Å². The average molecular weight is 414 g/mol. The summed E-state index contributed by atoms with van der Waals surface area (Å²) in [5.74, 6) is 1.17. The largest absolute Gasteiger partial charge is 0.496 e. The van der Waals surface area contributed by atoms with Gasteiger partial charge in [0.25, 0.3) is 0 Å². The molecular weight excluding hydrogens is 392 g/mol. The van der Waals surface area contributed by atoms with Gasteiger partial charge < -0.3 is 10.1 Å². The van der Waals surface area contributed by atoms with E-state index in [1.807, 2.05) is 0 Å². The molecule has 0 bridgehead atoms. The number of piperidine rings is 1. The molecule has 5 nitrogen and oxygen atoms in total. The molecule has 1 aliphatic heterocycles. The minimum atomic E-state index is -3.46. The van der Waals surface area contributed by atoms with Crippen molar-refractivity contribution in [3.63, 3.8) is 0 Å². The fourth-order valence-electron chi connectivity index (χ4n) is 2.47. The molecule has 1 fully saturated rings. The fourth-order valence-corrected chi connectivity index (χ4v) is 4.23. The second-order valence-electron chi connectivity index (χ2n) is 5.20. The monoisotopic (exact) mass is 412 g/mol. The quantitative estimate of drug-likeness (QED) is 0.752. The van der Waals surface area contributed by atoms with Crippen molar-refractivity contribution in [3.05, 3.63) is 22.7 Å². The summed E-state index contributed by atoms with van der Waals surface area (Å²) in [6, 6.07) is 4.75. The highest BCUT2D eigenvalue weighted by Crippen LogP contribution is 2.27. The van der Waals surface area contributed by atoms with Gasteiger partial charge in [0.2, 0.25) is 10.0 Å². The number of rotatable bonds is 6. The van der Waals surface area contributed by atoms with Crippen molar-refractivity contribution in [1.82, 2.24) is 10.0 Å². The summed E-state index contributed by atoms with van der Waals surface area (Å²) in [6.45, 7) is 2.52. The van der Waals surface area contributed by atoms with Crippen molar-refractivity contribution in [3.8, 4) is 5.75 Å². The van der Waals surface area contributed by atoms with Gasteiger partial charge >= 0.3 is 0 Å². The van der Waals surface area contributed by atoms with Crippen LogP contribution in [0.5, 0.6) is 5.75 Å². The van der Waals surface area contributed by atoms with E-state index >= 15 is 0 Å². The number of ether oxygens (including phenoxy) is 1. The van der Waals surface area contributed by atoms with Crippen LogP contribution in [0.2, 0.25) is 0 Å². The minimum absolute atomic E-state index is 0. The molecule has 1 unspecified atom stereocenters. The second-order valence-corrected chi connectivity index (χ2v) is 7.82. The lowest BCUT2D eigenvalue weighted by Gasteiger charge is -2.22. The van der Waals surface area contributed by atoms with Crippen LogP contribution >= 0.6 is 28.3 Å². The normalized spacial score (nSPS) is 18.5. The molecule has 22 heavy (non-hydrogen) atoms. The SMILES string of the molecule is COc1ccc(S(=O)(=O)NCCC2CCCNC2)cc1Br.Cl. The van der Waals surface area contributed by atoms with Crippen LogP contribution < -0.4 is 14.8 Å². The van der Waals surface area contributed by atoms with Crippen molar-refractivity contribution in [2.45, 2.75) is 24.2 Å². The molecule has 0 aliphatic carbocycles. The third-order valence-corrected chi connectivity index (χ3v) is 5.76. The number of nitrogens with one attached hydrogen (secondary N) is 2. The number of benzene rings is 1. The molecule has 0 amide bonds. The molecule has 1 saturated heterocycles. The van der Waals surface area contributed by atoms with Gasteiger partial charge in [0.1, 0.15) is 5.75 Å². The number of sulfonamides is 1. The highest BCUT2D eigenvalue weighted by Gasteiger charge is 2.17. The highest BCUT2D eigenvalue weighted by atomic mass is 79.9. The molecule has 0 aromatic heterocycles. The molecule has 2 N–H and O–H groups in total. The highest BCUT2D eigenvalue weighted by molar-refractivity contribution is 9.10. The molecular formula is C14H22BrClN2O3S. The smallest absolute Gasteiger partial charge is 0.240 e. The Labute approximate surface area is 146 Å². The molecule has 1 aliphatic rings. The first-order valence-corrected chi connectivity index (χ1v) is 9.34. The maximum atomic E-state index is 12.2. The van der Waals surface area contributed by atoms with Crippen molar-refractivity contribution in [2.75, 3.05) is 26.7 Å². The zero-order valence-electron chi connectivity index (χ0n) is 12.5. The van der Waals surface area contributed by atoms with Crippen molar-refractivity contribution >= 4 is 38.4 Å². The van der Waals surface area contributed by atoms with Crippen LogP contribution in [-0.2, 0) is 10.0 Å². The zero-order chi connectivity index (χ0) is 15.3. The van der Waals surface area contributed by atoms with Crippen LogP contribution in [0, 0.1) is 5.92 Å². The minimum Gasteiger partial charge on any atom is -0.496 e. The van der Waals surface area contributed by atoms with Crippen LogP contribution in [-0.4, -0.2) is 35.2 Å². The Kier molecular flexibility index (Phi) is 8.13. The number of hydrogen-bond acceptors (Lipinski definition) is 4. The van der Waals surface area contributed by atoms with Gasteiger partial charge in [-0.1, -0.05) is 0 Å². The topological polar surface area (TPSA) is 67.4 Å². The first-order chi connectivity index (χ1) is 10.0. The summed E-state index contributed by atoms with van der Waals surface area (Å²) >= 11 is 3.31. The third kappa shape index (κ3) is 5.38. The van der Waals surface area contributed by atoms with Crippen LogP contribution in [0.1, 0.15) is 19.3 Å². The molecule has 1 aromatic rings. The summed E-state index contributed by atoms with van der Waals surface area (Å²) in [5.41, 5.74) is 0. The molecule has 1 atom stereocenters. The van der Waals surface area contributed by atoms with Gasteiger partial charge in [0, 0.05) is 6.54 Å². The Bertz CT molecular complexity index is 577. The molecule has 1 heterocycles. The van der Waals surface area contributed by atoms with E-state index in [0.717, 1.165) is 19.5 Å². The maximum absolute atomic E-state index is 12.2. The average Bonchev–Trinajstić information content (AvgIpc) is 2.48. The van der Waals surface area contributed by atoms with E-state index in [0.29, 0.717) is 22.7 Å². The lowest BCUT2D eigenvalue weighted by Crippen LogP contribution is -2.33. The number of methoxy groups -OCH3 is 1. The van der Waals surface area contributed by atoms with E-state index in [4.69, 9.17) is 4.74 Å². The summed E-state index contributed by atoms with van der Waals surface area (Å²) in [7, 11) is -1.92. The van der Waals surface area contributed by atoms with Crippen LogP contribution in [0.3, 0.4) is 0 Å². The molecule has 0 radical (unpaired) electrons. The van der Waals surface area contributed by atoms with E-state index < -0.39 is 10.0 Å². The van der Waals surface area contributed by atoms with E-state index in [-0.39, 0.29) is 17.3 Å². The Morgan fingerprint density at radius 2 is 2.23 bits per heavy atom. The zero-order valence-corrected chi connectivity index (χ0v) is 15.7. The summed E-state index contributed by atoms with van der Waals surface area (Å²) in [6.07, 6.45) is 3.20. The van der Waals surface area contributed by atoms with Crippen molar-refractivity contribution in [1.29, 1.82) is 0 Å². The summed E-state index contributed by atoms with van der Waals surface area (Å²) < 4.78 is 32.9. The summed E-state index contributed by atoms with van der Waals surface area (Å²) in [4.78, 5) is 0.247. The van der Waals surface area contributed by atoms with Gasteiger partial charge in [-0.15, -0.1) is 12.4 Å². The lowest BCUT2D eigenvalue weighted by molar-refractivity contribution is 0.358. The molecule has 126 valence electrons. The van der Waals surface area contributed by atoms with E-state index in [1.165, 1.54) is 12.8 Å². The van der Waals surface area contributed by atoms with Crippen LogP contribution in [0.15, 0.2) is 27.6 Å². The Morgan fingerprint density at radius 1 is 1.45 bits per heavy atom. The van der Waals surface area contributed by atoms with Crippen LogP contribution in [0.4, 0.5) is 0 Å². The first-order valence-electron chi connectivity index (χ1n) is 7.07. The maximum Gasteiger partial charge on any atom is 0.240 e. The molecule has 2 rings (SSSR count). The molecule has 8 heteroatoms. The van der Waals surface area contributed by atoms with E-state index in [1.54, 1.807) is 25.3 Å². The number of halogens is 2. The predicted octanol–water partition coefficient (Wildman–Crippen LogP) is 2.55. The first kappa shape index (κ1) is 19.7. The van der Waals surface area contributed by atoms with Crippen molar-refractivity contribution < 1.29 is 13.2 Å². The molecule has 0 spiro atoms.